The van der Waals surface area contributed by atoms with Gasteiger partial charge in [0.05, 0.1) is 0 Å². The normalized spacial score (nSPS) is 10.3. The average molecular weight is 325 g/mol. The van der Waals surface area contributed by atoms with Gasteiger partial charge in [-0.3, -0.25) is 9.59 Å². The van der Waals surface area contributed by atoms with E-state index in [0.717, 1.165) is 15.7 Å². The zero-order chi connectivity index (χ0) is 13.1. The number of aromatic nitrogens is 2. The van der Waals surface area contributed by atoms with E-state index >= 15 is 0 Å². The van der Waals surface area contributed by atoms with Crippen LogP contribution in [0.15, 0.2) is 43.6 Å². The molecule has 0 saturated heterocycles. The number of H-pyrrole nitrogens is 1. The molecule has 6 heteroatoms. The van der Waals surface area contributed by atoms with Gasteiger partial charge in [0.1, 0.15) is 0 Å². The summed E-state index contributed by atoms with van der Waals surface area (Å²) in [6, 6.07) is 6.78. The molecule has 0 fully saturated rings. The lowest BCUT2D eigenvalue weighted by molar-refractivity contribution is 0.112. The van der Waals surface area contributed by atoms with E-state index in [0.29, 0.717) is 16.4 Å². The van der Waals surface area contributed by atoms with Crippen molar-refractivity contribution in [2.45, 2.75) is 17.0 Å². The molecular weight excluding hydrogens is 316 g/mol. The highest BCUT2D eigenvalue weighted by atomic mass is 79.9. The molecule has 0 aliphatic carbocycles. The van der Waals surface area contributed by atoms with E-state index in [4.69, 9.17) is 0 Å². The van der Waals surface area contributed by atoms with Crippen LogP contribution in [0.2, 0.25) is 0 Å². The Balaban J connectivity index is 2.31. The van der Waals surface area contributed by atoms with E-state index < -0.39 is 0 Å². The van der Waals surface area contributed by atoms with Crippen molar-refractivity contribution in [2.24, 2.45) is 0 Å². The minimum absolute atomic E-state index is 0.173. The van der Waals surface area contributed by atoms with Gasteiger partial charge >= 0.3 is 0 Å². The van der Waals surface area contributed by atoms with Crippen molar-refractivity contribution < 1.29 is 4.79 Å². The second kappa shape index (κ2) is 5.49. The molecule has 0 radical (unpaired) electrons. The van der Waals surface area contributed by atoms with Crippen LogP contribution in [0.3, 0.4) is 0 Å². The summed E-state index contributed by atoms with van der Waals surface area (Å²) >= 11 is 4.65. The van der Waals surface area contributed by atoms with Crippen LogP contribution in [0.25, 0.3) is 0 Å². The molecule has 18 heavy (non-hydrogen) atoms. The average Bonchev–Trinajstić information content (AvgIpc) is 2.27. The van der Waals surface area contributed by atoms with Gasteiger partial charge in [-0.05, 0) is 25.1 Å². The highest BCUT2D eigenvalue weighted by Gasteiger charge is 2.04. The maximum atomic E-state index is 11.3. The van der Waals surface area contributed by atoms with Gasteiger partial charge in [-0.1, -0.05) is 27.7 Å². The smallest absolute Gasteiger partial charge is 0.251 e. The lowest BCUT2D eigenvalue weighted by Crippen LogP contribution is -2.07. The van der Waals surface area contributed by atoms with E-state index in [-0.39, 0.29) is 5.56 Å². The molecule has 0 saturated carbocycles. The Morgan fingerprint density at radius 3 is 2.78 bits per heavy atom. The maximum Gasteiger partial charge on any atom is 0.251 e. The number of nitrogens with zero attached hydrogens (tertiary/aromatic N) is 1. The van der Waals surface area contributed by atoms with E-state index in [1.807, 2.05) is 12.1 Å². The van der Waals surface area contributed by atoms with E-state index in [2.05, 4.69) is 25.9 Å². The number of aldehydes is 1. The monoisotopic (exact) mass is 324 g/mol. The van der Waals surface area contributed by atoms with Crippen LogP contribution in [0.1, 0.15) is 16.1 Å². The molecule has 2 aromatic rings. The van der Waals surface area contributed by atoms with Crippen LogP contribution in [0.5, 0.6) is 0 Å². The van der Waals surface area contributed by atoms with Gasteiger partial charge in [0.25, 0.3) is 5.56 Å². The summed E-state index contributed by atoms with van der Waals surface area (Å²) in [4.78, 5) is 29.8. The molecule has 92 valence electrons. The first-order valence-electron chi connectivity index (χ1n) is 5.09. The highest BCUT2D eigenvalue weighted by Crippen LogP contribution is 2.28. The van der Waals surface area contributed by atoms with Crippen LogP contribution >= 0.6 is 27.7 Å². The van der Waals surface area contributed by atoms with Crippen LogP contribution < -0.4 is 5.56 Å². The molecular formula is C12H9BrN2O2S. The molecule has 1 aromatic carbocycles. The van der Waals surface area contributed by atoms with Gasteiger partial charge in [0.15, 0.2) is 11.4 Å². The topological polar surface area (TPSA) is 62.8 Å². The Kier molecular flexibility index (Phi) is 3.98. The van der Waals surface area contributed by atoms with Crippen molar-refractivity contribution in [1.82, 2.24) is 9.97 Å². The van der Waals surface area contributed by atoms with Crippen LogP contribution in [0.4, 0.5) is 0 Å². The maximum absolute atomic E-state index is 11.3. The van der Waals surface area contributed by atoms with Gasteiger partial charge in [0.2, 0.25) is 0 Å². The lowest BCUT2D eigenvalue weighted by Gasteiger charge is -2.03. The molecule has 0 spiro atoms. The third kappa shape index (κ3) is 3.08. The number of carbonyl (C=O) groups excluding carboxylic acids is 1. The number of carbonyl (C=O) groups is 1. The highest BCUT2D eigenvalue weighted by molar-refractivity contribution is 9.10. The number of rotatable bonds is 3. The van der Waals surface area contributed by atoms with Gasteiger partial charge < -0.3 is 4.98 Å². The summed E-state index contributed by atoms with van der Waals surface area (Å²) in [6.07, 6.45) is 0.783. The number of hydrogen-bond donors (Lipinski definition) is 1. The Bertz CT molecular complexity index is 655. The third-order valence-electron chi connectivity index (χ3n) is 2.16. The first-order valence-corrected chi connectivity index (χ1v) is 6.70. The third-order valence-corrected chi connectivity index (χ3v) is 3.72. The molecule has 0 unspecified atom stereocenters. The summed E-state index contributed by atoms with van der Waals surface area (Å²) in [5, 5.41) is 0.533. The number of hydrogen-bond acceptors (Lipinski definition) is 4. The SMILES string of the molecule is Cc1cc(=O)[nH]c(Sc2ccc(C=O)c(Br)c2)n1. The number of aryl methyl sites for hydroxylation is 1. The predicted molar refractivity (Wildman–Crippen MR) is 73.2 cm³/mol. The first kappa shape index (κ1) is 13.0. The fourth-order valence-electron chi connectivity index (χ4n) is 1.38. The van der Waals surface area contributed by atoms with Crippen LogP contribution in [-0.4, -0.2) is 16.3 Å². The molecule has 1 N–H and O–H groups in total. The van der Waals surface area contributed by atoms with Gasteiger partial charge in [-0.25, -0.2) is 4.98 Å². The van der Waals surface area contributed by atoms with Gasteiger partial charge in [0, 0.05) is 26.7 Å². The quantitative estimate of drug-likeness (QED) is 0.696. The minimum Gasteiger partial charge on any atom is -0.301 e. The molecule has 2 rings (SSSR count). The second-order valence-electron chi connectivity index (χ2n) is 3.60. The number of benzene rings is 1. The molecule has 0 aliphatic heterocycles. The van der Waals surface area contributed by atoms with Crippen molar-refractivity contribution in [1.29, 1.82) is 0 Å². The van der Waals surface area contributed by atoms with Crippen molar-refractivity contribution in [3.05, 3.63) is 50.3 Å². The van der Waals surface area contributed by atoms with Crippen molar-refractivity contribution in [3.63, 3.8) is 0 Å². The summed E-state index contributed by atoms with van der Waals surface area (Å²) in [6.45, 7) is 1.77. The zero-order valence-corrected chi connectivity index (χ0v) is 11.8. The van der Waals surface area contributed by atoms with E-state index in [1.165, 1.54) is 17.8 Å². The number of halogens is 1. The Morgan fingerprint density at radius 1 is 1.39 bits per heavy atom. The van der Waals surface area contributed by atoms with Crippen molar-refractivity contribution >= 4 is 34.0 Å². The molecule has 0 amide bonds. The van der Waals surface area contributed by atoms with Gasteiger partial charge in [-0.15, -0.1) is 0 Å². The molecule has 1 heterocycles. The number of nitrogens with one attached hydrogen (secondary N) is 1. The molecule has 4 nitrogen and oxygen atoms in total. The Labute approximate surface area is 116 Å². The van der Waals surface area contributed by atoms with Crippen LogP contribution in [0, 0.1) is 6.92 Å². The van der Waals surface area contributed by atoms with Crippen molar-refractivity contribution in [3.8, 4) is 0 Å². The summed E-state index contributed by atoms with van der Waals surface area (Å²) in [7, 11) is 0. The molecule has 1 aromatic heterocycles. The fourth-order valence-corrected chi connectivity index (χ4v) is 2.88. The lowest BCUT2D eigenvalue weighted by atomic mass is 10.2. The first-order chi connectivity index (χ1) is 8.58. The van der Waals surface area contributed by atoms with Crippen LogP contribution in [-0.2, 0) is 0 Å². The Morgan fingerprint density at radius 2 is 2.17 bits per heavy atom. The zero-order valence-electron chi connectivity index (χ0n) is 9.44. The van der Waals surface area contributed by atoms with E-state index in [9.17, 15) is 9.59 Å². The van der Waals surface area contributed by atoms with Crippen molar-refractivity contribution in [2.75, 3.05) is 0 Å². The summed E-state index contributed by atoms with van der Waals surface area (Å²) in [5.41, 5.74) is 1.09. The predicted octanol–water partition coefficient (Wildman–Crippen LogP) is 2.80. The molecule has 0 atom stereocenters. The molecule has 0 aliphatic rings. The Hall–Kier alpha value is -1.40. The minimum atomic E-state index is -0.173. The summed E-state index contributed by atoms with van der Waals surface area (Å²) in [5.74, 6) is 0. The second-order valence-corrected chi connectivity index (χ2v) is 5.51. The standard InChI is InChI=1S/C12H9BrN2O2S/c1-7-4-11(17)15-12(14-7)18-9-3-2-8(6-16)10(13)5-9/h2-6H,1H3,(H,14,15,17). The number of aromatic amines is 1. The fraction of sp³-hybridized carbons (Fsp3) is 0.0833. The summed E-state index contributed by atoms with van der Waals surface area (Å²) < 4.78 is 0.720. The van der Waals surface area contributed by atoms with Gasteiger partial charge in [-0.2, -0.15) is 0 Å². The largest absolute Gasteiger partial charge is 0.301 e. The molecule has 0 bridgehead atoms. The van der Waals surface area contributed by atoms with E-state index in [1.54, 1.807) is 13.0 Å².